The fourth-order valence-corrected chi connectivity index (χ4v) is 4.15. The largest absolute Gasteiger partial charge is 0.303 e. The van der Waals surface area contributed by atoms with Gasteiger partial charge >= 0.3 is 0 Å². The molecule has 0 saturated carbocycles. The number of nitrogens with zero attached hydrogens (tertiary/aromatic N) is 1. The molecule has 0 spiro atoms. The van der Waals surface area contributed by atoms with Crippen molar-refractivity contribution >= 4 is 0 Å². The first-order valence-electron chi connectivity index (χ1n) is 10.3. The maximum absolute atomic E-state index is 2.68. The third-order valence-electron chi connectivity index (χ3n) is 6.10. The summed E-state index contributed by atoms with van der Waals surface area (Å²) in [5, 5.41) is 0. The van der Waals surface area contributed by atoms with Crippen LogP contribution in [0.1, 0.15) is 78.1 Å². The summed E-state index contributed by atoms with van der Waals surface area (Å²) in [4.78, 5) is 2.68. The van der Waals surface area contributed by atoms with Gasteiger partial charge in [0.25, 0.3) is 0 Å². The minimum absolute atomic E-state index is 0.727. The van der Waals surface area contributed by atoms with E-state index in [1.54, 1.807) is 0 Å². The van der Waals surface area contributed by atoms with Crippen LogP contribution in [0, 0.1) is 17.8 Å². The van der Waals surface area contributed by atoms with Crippen molar-refractivity contribution in [2.75, 3.05) is 19.6 Å². The average molecular weight is 318 g/mol. The molecule has 0 aromatic rings. The van der Waals surface area contributed by atoms with E-state index in [0.717, 1.165) is 17.8 Å². The number of hydrogen-bond donors (Lipinski definition) is 0. The number of hydrogen-bond acceptors (Lipinski definition) is 1. The van der Waals surface area contributed by atoms with Crippen LogP contribution in [0.3, 0.4) is 0 Å². The van der Waals surface area contributed by atoms with Crippen LogP contribution in [0.15, 0.2) is 24.3 Å². The van der Waals surface area contributed by atoms with Crippen LogP contribution in [-0.4, -0.2) is 24.5 Å². The van der Waals surface area contributed by atoms with E-state index in [2.05, 4.69) is 43.1 Å². The van der Waals surface area contributed by atoms with E-state index in [9.17, 15) is 0 Å². The predicted octanol–water partition coefficient (Wildman–Crippen LogP) is 6.22. The first kappa shape index (κ1) is 18.8. The molecule has 0 N–H and O–H groups in total. The summed E-state index contributed by atoms with van der Waals surface area (Å²) < 4.78 is 0. The Balaban J connectivity index is 1.44. The van der Waals surface area contributed by atoms with Crippen LogP contribution in [0.4, 0.5) is 0 Å². The van der Waals surface area contributed by atoms with E-state index >= 15 is 0 Å². The molecule has 2 aliphatic rings. The SMILES string of the molecule is CC1C=CC=CC(CCCCCCCCN2CCCCC2)C1C. The highest BCUT2D eigenvalue weighted by molar-refractivity contribution is 5.11. The Hall–Kier alpha value is -0.560. The van der Waals surface area contributed by atoms with Gasteiger partial charge in [-0.15, -0.1) is 0 Å². The topological polar surface area (TPSA) is 3.24 Å². The molecule has 3 unspecified atom stereocenters. The summed E-state index contributed by atoms with van der Waals surface area (Å²) in [6.45, 7) is 8.87. The van der Waals surface area contributed by atoms with Crippen molar-refractivity contribution in [2.45, 2.75) is 78.1 Å². The molecular formula is C22H39N. The maximum Gasteiger partial charge on any atom is -0.00187 e. The molecule has 0 bridgehead atoms. The molecule has 2 rings (SSSR count). The summed E-state index contributed by atoms with van der Waals surface area (Å²) in [5.41, 5.74) is 0. The highest BCUT2D eigenvalue weighted by Crippen LogP contribution is 2.29. The predicted molar refractivity (Wildman–Crippen MR) is 103 cm³/mol. The average Bonchev–Trinajstić information content (AvgIpc) is 2.73. The van der Waals surface area contributed by atoms with Crippen LogP contribution in [0.2, 0.25) is 0 Å². The first-order chi connectivity index (χ1) is 11.3. The van der Waals surface area contributed by atoms with E-state index in [-0.39, 0.29) is 0 Å². The molecule has 1 heteroatoms. The molecule has 3 atom stereocenters. The minimum atomic E-state index is 0.727. The summed E-state index contributed by atoms with van der Waals surface area (Å²) in [7, 11) is 0. The maximum atomic E-state index is 2.68. The number of allylic oxidation sites excluding steroid dienone is 4. The highest BCUT2D eigenvalue weighted by Gasteiger charge is 2.19. The van der Waals surface area contributed by atoms with Gasteiger partial charge in [-0.2, -0.15) is 0 Å². The second-order valence-corrected chi connectivity index (χ2v) is 7.96. The van der Waals surface area contributed by atoms with Gasteiger partial charge in [0.2, 0.25) is 0 Å². The second-order valence-electron chi connectivity index (χ2n) is 7.96. The van der Waals surface area contributed by atoms with Gasteiger partial charge in [0, 0.05) is 0 Å². The number of rotatable bonds is 9. The van der Waals surface area contributed by atoms with Crippen molar-refractivity contribution < 1.29 is 0 Å². The molecule has 1 aliphatic heterocycles. The zero-order valence-electron chi connectivity index (χ0n) is 15.7. The molecule has 1 heterocycles. The summed E-state index contributed by atoms with van der Waals surface area (Å²) >= 11 is 0. The molecule has 0 aromatic carbocycles. The van der Waals surface area contributed by atoms with Crippen molar-refractivity contribution in [1.82, 2.24) is 4.90 Å². The van der Waals surface area contributed by atoms with Gasteiger partial charge in [-0.3, -0.25) is 0 Å². The van der Waals surface area contributed by atoms with Gasteiger partial charge in [-0.25, -0.2) is 0 Å². The molecule has 0 radical (unpaired) electrons. The van der Waals surface area contributed by atoms with E-state index in [0.29, 0.717) is 0 Å². The Morgan fingerprint density at radius 3 is 2.22 bits per heavy atom. The Labute approximate surface area is 145 Å². The quantitative estimate of drug-likeness (QED) is 0.456. The lowest BCUT2D eigenvalue weighted by Gasteiger charge is -2.26. The Kier molecular flexibility index (Phi) is 9.04. The van der Waals surface area contributed by atoms with Crippen molar-refractivity contribution in [3.05, 3.63) is 24.3 Å². The van der Waals surface area contributed by atoms with Crippen LogP contribution in [0.25, 0.3) is 0 Å². The number of piperidine rings is 1. The third kappa shape index (κ3) is 7.25. The fraction of sp³-hybridized carbons (Fsp3) is 0.818. The lowest BCUT2D eigenvalue weighted by molar-refractivity contribution is 0.224. The summed E-state index contributed by atoms with van der Waals surface area (Å²) in [6, 6.07) is 0. The Morgan fingerprint density at radius 2 is 1.43 bits per heavy atom. The van der Waals surface area contributed by atoms with Crippen molar-refractivity contribution in [1.29, 1.82) is 0 Å². The Bertz CT molecular complexity index is 351. The zero-order valence-corrected chi connectivity index (χ0v) is 15.7. The van der Waals surface area contributed by atoms with E-state index in [4.69, 9.17) is 0 Å². The van der Waals surface area contributed by atoms with Crippen LogP contribution in [0.5, 0.6) is 0 Å². The molecule has 1 saturated heterocycles. The van der Waals surface area contributed by atoms with Crippen molar-refractivity contribution in [3.8, 4) is 0 Å². The normalized spacial score (nSPS) is 28.9. The molecule has 132 valence electrons. The molecule has 23 heavy (non-hydrogen) atoms. The standard InChI is InChI=1S/C22H39N/c1-20-14-9-10-16-22(21(20)2)15-8-5-3-4-6-11-17-23-18-12-7-13-19-23/h9-10,14,16,20-22H,3-8,11-13,15,17-19H2,1-2H3. The van der Waals surface area contributed by atoms with Crippen molar-refractivity contribution in [2.24, 2.45) is 17.8 Å². The van der Waals surface area contributed by atoms with Crippen LogP contribution >= 0.6 is 0 Å². The minimum Gasteiger partial charge on any atom is -0.303 e. The molecule has 1 fully saturated rings. The van der Waals surface area contributed by atoms with Gasteiger partial charge in [-0.1, -0.05) is 76.7 Å². The summed E-state index contributed by atoms with van der Waals surface area (Å²) in [6.07, 6.45) is 23.6. The molecule has 0 amide bonds. The molecule has 1 aliphatic carbocycles. The van der Waals surface area contributed by atoms with Crippen molar-refractivity contribution in [3.63, 3.8) is 0 Å². The lowest BCUT2D eigenvalue weighted by atomic mass is 9.82. The lowest BCUT2D eigenvalue weighted by Crippen LogP contribution is -2.30. The van der Waals surface area contributed by atoms with Gasteiger partial charge < -0.3 is 4.90 Å². The second kappa shape index (κ2) is 11.1. The van der Waals surface area contributed by atoms with Gasteiger partial charge in [0.1, 0.15) is 0 Å². The van der Waals surface area contributed by atoms with E-state index in [1.807, 2.05) is 0 Å². The first-order valence-corrected chi connectivity index (χ1v) is 10.3. The highest BCUT2D eigenvalue weighted by atomic mass is 15.1. The van der Waals surface area contributed by atoms with Gasteiger partial charge in [0.05, 0.1) is 0 Å². The molecule has 1 nitrogen and oxygen atoms in total. The smallest absolute Gasteiger partial charge is 0.00187 e. The Morgan fingerprint density at radius 1 is 0.783 bits per heavy atom. The third-order valence-corrected chi connectivity index (χ3v) is 6.10. The van der Waals surface area contributed by atoms with Crippen LogP contribution < -0.4 is 0 Å². The zero-order chi connectivity index (χ0) is 16.3. The molecule has 0 aromatic heterocycles. The fourth-order valence-electron chi connectivity index (χ4n) is 4.15. The van der Waals surface area contributed by atoms with Gasteiger partial charge in [-0.05, 0) is 63.1 Å². The number of unbranched alkanes of at least 4 members (excludes halogenated alkanes) is 5. The van der Waals surface area contributed by atoms with Crippen LogP contribution in [-0.2, 0) is 0 Å². The molecular weight excluding hydrogens is 278 g/mol. The number of likely N-dealkylation sites (tertiary alicyclic amines) is 1. The van der Waals surface area contributed by atoms with E-state index < -0.39 is 0 Å². The van der Waals surface area contributed by atoms with E-state index in [1.165, 1.54) is 83.8 Å². The summed E-state index contributed by atoms with van der Waals surface area (Å²) in [5.74, 6) is 2.32. The monoisotopic (exact) mass is 317 g/mol. The van der Waals surface area contributed by atoms with Gasteiger partial charge in [0.15, 0.2) is 0 Å².